The van der Waals surface area contributed by atoms with Crippen molar-refractivity contribution in [1.82, 2.24) is 0 Å². The molecule has 1 aromatic heterocycles. The van der Waals surface area contributed by atoms with Crippen LogP contribution in [0.1, 0.15) is 21.7 Å². The van der Waals surface area contributed by atoms with Crippen LogP contribution in [0, 0.1) is 13.8 Å². The molecule has 2 rings (SSSR count). The van der Waals surface area contributed by atoms with Gasteiger partial charge in [-0.2, -0.15) is 0 Å². The molecular weight excluding hydrogens is 216 g/mol. The van der Waals surface area contributed by atoms with E-state index in [1.807, 2.05) is 26.0 Å². The summed E-state index contributed by atoms with van der Waals surface area (Å²) in [5, 5.41) is 2.72. The van der Waals surface area contributed by atoms with E-state index in [9.17, 15) is 4.79 Å². The number of benzene rings is 1. The van der Waals surface area contributed by atoms with Crippen molar-refractivity contribution in [2.75, 3.05) is 11.1 Å². The van der Waals surface area contributed by atoms with E-state index in [-0.39, 0.29) is 11.7 Å². The van der Waals surface area contributed by atoms with Gasteiger partial charge < -0.3 is 15.5 Å². The van der Waals surface area contributed by atoms with Gasteiger partial charge in [-0.3, -0.25) is 4.79 Å². The third-order valence-corrected chi connectivity index (χ3v) is 2.66. The number of carbonyl (C=O) groups is 1. The van der Waals surface area contributed by atoms with E-state index in [1.165, 1.54) is 6.26 Å². The first-order chi connectivity index (χ1) is 8.08. The number of amides is 1. The van der Waals surface area contributed by atoms with Gasteiger partial charge in [0.05, 0.1) is 17.6 Å². The molecule has 0 saturated heterocycles. The van der Waals surface area contributed by atoms with E-state index in [1.54, 1.807) is 12.1 Å². The maximum absolute atomic E-state index is 11.8. The van der Waals surface area contributed by atoms with Crippen LogP contribution in [0.25, 0.3) is 0 Å². The van der Waals surface area contributed by atoms with Crippen molar-refractivity contribution in [3.8, 4) is 0 Å². The number of nitrogens with two attached hydrogens (primary N) is 1. The van der Waals surface area contributed by atoms with Gasteiger partial charge in [-0.25, -0.2) is 0 Å². The SMILES string of the molecule is Cc1cc(N)c(NC(=O)c2ccco2)cc1C. The standard InChI is InChI=1S/C13H14N2O2/c1-8-6-10(14)11(7-9(8)2)15-13(16)12-4-3-5-17-12/h3-7H,14H2,1-2H3,(H,15,16). The summed E-state index contributed by atoms with van der Waals surface area (Å²) in [6, 6.07) is 6.96. The Labute approximate surface area is 99.4 Å². The molecule has 1 amide bonds. The lowest BCUT2D eigenvalue weighted by Crippen LogP contribution is -2.12. The molecule has 0 radical (unpaired) electrons. The largest absolute Gasteiger partial charge is 0.459 e. The summed E-state index contributed by atoms with van der Waals surface area (Å²) in [4.78, 5) is 11.8. The molecule has 4 heteroatoms. The number of anilines is 2. The lowest BCUT2D eigenvalue weighted by molar-refractivity contribution is 0.0996. The number of nitrogens with one attached hydrogen (secondary N) is 1. The molecule has 17 heavy (non-hydrogen) atoms. The van der Waals surface area contributed by atoms with Crippen LogP contribution in [0.2, 0.25) is 0 Å². The minimum Gasteiger partial charge on any atom is -0.459 e. The van der Waals surface area contributed by atoms with Gasteiger partial charge in [0.1, 0.15) is 0 Å². The highest BCUT2D eigenvalue weighted by Crippen LogP contribution is 2.23. The van der Waals surface area contributed by atoms with Crippen LogP contribution in [0.3, 0.4) is 0 Å². The molecular formula is C13H14N2O2. The van der Waals surface area contributed by atoms with Crippen LogP contribution in [-0.4, -0.2) is 5.91 Å². The molecule has 0 fully saturated rings. The average molecular weight is 230 g/mol. The van der Waals surface area contributed by atoms with Gasteiger partial charge in [-0.05, 0) is 49.2 Å². The topological polar surface area (TPSA) is 68.3 Å². The molecule has 0 saturated carbocycles. The summed E-state index contributed by atoms with van der Waals surface area (Å²) in [7, 11) is 0. The number of hydrogen-bond acceptors (Lipinski definition) is 3. The number of rotatable bonds is 2. The molecule has 0 aliphatic heterocycles. The van der Waals surface area contributed by atoms with Crippen molar-refractivity contribution in [3.63, 3.8) is 0 Å². The molecule has 88 valence electrons. The Morgan fingerprint density at radius 1 is 1.29 bits per heavy atom. The summed E-state index contributed by atoms with van der Waals surface area (Å²) in [6.45, 7) is 3.95. The predicted octanol–water partition coefficient (Wildman–Crippen LogP) is 2.73. The van der Waals surface area contributed by atoms with Crippen LogP contribution < -0.4 is 11.1 Å². The Balaban J connectivity index is 2.25. The molecule has 0 atom stereocenters. The van der Waals surface area contributed by atoms with Gasteiger partial charge in [0.25, 0.3) is 5.91 Å². The molecule has 3 N–H and O–H groups in total. The van der Waals surface area contributed by atoms with E-state index in [2.05, 4.69) is 5.32 Å². The van der Waals surface area contributed by atoms with Gasteiger partial charge in [-0.1, -0.05) is 0 Å². The Bertz CT molecular complexity index is 545. The van der Waals surface area contributed by atoms with E-state index < -0.39 is 0 Å². The Kier molecular flexibility index (Phi) is 2.87. The second-order valence-electron chi connectivity index (χ2n) is 3.96. The predicted molar refractivity (Wildman–Crippen MR) is 67.0 cm³/mol. The first-order valence-corrected chi connectivity index (χ1v) is 5.29. The van der Waals surface area contributed by atoms with Crippen molar-refractivity contribution >= 4 is 17.3 Å². The number of aryl methyl sites for hydroxylation is 2. The minimum absolute atomic E-state index is 0.266. The normalized spacial score (nSPS) is 10.2. The summed E-state index contributed by atoms with van der Waals surface area (Å²) in [6.07, 6.45) is 1.46. The highest BCUT2D eigenvalue weighted by Gasteiger charge is 2.11. The van der Waals surface area contributed by atoms with Crippen molar-refractivity contribution in [1.29, 1.82) is 0 Å². The molecule has 1 heterocycles. The first-order valence-electron chi connectivity index (χ1n) is 5.29. The summed E-state index contributed by atoms with van der Waals surface area (Å²) >= 11 is 0. The van der Waals surface area contributed by atoms with Gasteiger partial charge in [0.2, 0.25) is 0 Å². The van der Waals surface area contributed by atoms with Crippen LogP contribution >= 0.6 is 0 Å². The smallest absolute Gasteiger partial charge is 0.291 e. The van der Waals surface area contributed by atoms with Crippen molar-refractivity contribution in [3.05, 3.63) is 47.4 Å². The lowest BCUT2D eigenvalue weighted by atomic mass is 10.1. The fourth-order valence-corrected chi connectivity index (χ4v) is 1.54. The molecule has 0 unspecified atom stereocenters. The van der Waals surface area contributed by atoms with E-state index in [0.29, 0.717) is 11.4 Å². The van der Waals surface area contributed by atoms with Gasteiger partial charge in [-0.15, -0.1) is 0 Å². The first kappa shape index (κ1) is 11.3. The van der Waals surface area contributed by atoms with Crippen molar-refractivity contribution in [2.45, 2.75) is 13.8 Å². The van der Waals surface area contributed by atoms with Gasteiger partial charge >= 0.3 is 0 Å². The number of carbonyl (C=O) groups excluding carboxylic acids is 1. The van der Waals surface area contributed by atoms with Crippen LogP contribution in [0.4, 0.5) is 11.4 Å². The van der Waals surface area contributed by atoms with E-state index in [0.717, 1.165) is 11.1 Å². The highest BCUT2D eigenvalue weighted by molar-refractivity contribution is 6.03. The summed E-state index contributed by atoms with van der Waals surface area (Å²) < 4.78 is 5.01. The zero-order chi connectivity index (χ0) is 12.4. The van der Waals surface area contributed by atoms with Crippen molar-refractivity contribution in [2.24, 2.45) is 0 Å². The maximum atomic E-state index is 11.8. The second-order valence-corrected chi connectivity index (χ2v) is 3.96. The third kappa shape index (κ3) is 2.30. The lowest BCUT2D eigenvalue weighted by Gasteiger charge is -2.10. The number of hydrogen-bond donors (Lipinski definition) is 2. The monoisotopic (exact) mass is 230 g/mol. The fourth-order valence-electron chi connectivity index (χ4n) is 1.54. The van der Waals surface area contributed by atoms with Gasteiger partial charge in [0.15, 0.2) is 5.76 Å². The minimum atomic E-state index is -0.301. The van der Waals surface area contributed by atoms with Gasteiger partial charge in [0, 0.05) is 0 Å². The zero-order valence-corrected chi connectivity index (χ0v) is 9.78. The maximum Gasteiger partial charge on any atom is 0.291 e. The third-order valence-electron chi connectivity index (χ3n) is 2.66. The molecule has 4 nitrogen and oxygen atoms in total. The molecule has 0 aliphatic carbocycles. The number of nitrogen functional groups attached to an aromatic ring is 1. The average Bonchev–Trinajstić information content (AvgIpc) is 2.79. The van der Waals surface area contributed by atoms with Crippen molar-refractivity contribution < 1.29 is 9.21 Å². The molecule has 1 aromatic carbocycles. The van der Waals surface area contributed by atoms with Crippen LogP contribution in [-0.2, 0) is 0 Å². The van der Waals surface area contributed by atoms with Crippen LogP contribution in [0.5, 0.6) is 0 Å². The quantitative estimate of drug-likeness (QED) is 0.779. The molecule has 0 bridgehead atoms. The zero-order valence-electron chi connectivity index (χ0n) is 9.78. The highest BCUT2D eigenvalue weighted by atomic mass is 16.3. The van der Waals surface area contributed by atoms with E-state index in [4.69, 9.17) is 10.2 Å². The number of furan rings is 1. The Hall–Kier alpha value is -2.23. The molecule has 0 aliphatic rings. The Morgan fingerprint density at radius 3 is 2.65 bits per heavy atom. The fraction of sp³-hybridized carbons (Fsp3) is 0.154. The molecule has 0 spiro atoms. The second kappa shape index (κ2) is 4.33. The van der Waals surface area contributed by atoms with E-state index >= 15 is 0 Å². The Morgan fingerprint density at radius 2 is 2.00 bits per heavy atom. The summed E-state index contributed by atoms with van der Waals surface area (Å²) in [5.74, 6) is -0.0346. The van der Waals surface area contributed by atoms with Crippen LogP contribution in [0.15, 0.2) is 34.9 Å². The molecule has 2 aromatic rings. The summed E-state index contributed by atoms with van der Waals surface area (Å²) in [5.41, 5.74) is 9.18.